The summed E-state index contributed by atoms with van der Waals surface area (Å²) in [6, 6.07) is 10.0. The fourth-order valence-corrected chi connectivity index (χ4v) is 3.17. The Morgan fingerprint density at radius 3 is 2.72 bits per heavy atom. The van der Waals surface area contributed by atoms with E-state index in [2.05, 4.69) is 57.3 Å². The van der Waals surface area contributed by atoms with E-state index in [0.29, 0.717) is 12.1 Å². The van der Waals surface area contributed by atoms with Crippen molar-refractivity contribution in [1.82, 2.24) is 5.32 Å². The molecule has 1 aliphatic carbocycles. The minimum atomic E-state index is 0.461. The highest BCUT2D eigenvalue weighted by Gasteiger charge is 2.27. The van der Waals surface area contributed by atoms with E-state index in [4.69, 9.17) is 0 Å². The Labute approximate surface area is 112 Å². The summed E-state index contributed by atoms with van der Waals surface area (Å²) in [5.74, 6) is 1.66. The molecule has 1 saturated carbocycles. The highest BCUT2D eigenvalue weighted by molar-refractivity contribution is 5.24. The van der Waals surface area contributed by atoms with Crippen LogP contribution >= 0.6 is 0 Å². The van der Waals surface area contributed by atoms with Crippen molar-refractivity contribution >= 4 is 0 Å². The zero-order chi connectivity index (χ0) is 13.1. The number of hydrogen-bond acceptors (Lipinski definition) is 1. The first-order valence-electron chi connectivity index (χ1n) is 7.40. The van der Waals surface area contributed by atoms with Gasteiger partial charge in [-0.25, -0.2) is 0 Å². The van der Waals surface area contributed by atoms with Crippen molar-refractivity contribution in [2.24, 2.45) is 11.8 Å². The Morgan fingerprint density at radius 1 is 1.22 bits per heavy atom. The van der Waals surface area contributed by atoms with Gasteiger partial charge in [0.25, 0.3) is 0 Å². The molecular weight excluding hydrogens is 218 g/mol. The molecule has 0 saturated heterocycles. The van der Waals surface area contributed by atoms with Gasteiger partial charge >= 0.3 is 0 Å². The summed E-state index contributed by atoms with van der Waals surface area (Å²) in [7, 11) is 0. The van der Waals surface area contributed by atoms with Crippen molar-refractivity contribution in [2.75, 3.05) is 0 Å². The number of aryl methyl sites for hydroxylation is 1. The average Bonchev–Trinajstić information content (AvgIpc) is 2.35. The van der Waals surface area contributed by atoms with E-state index in [1.807, 2.05) is 0 Å². The molecule has 0 radical (unpaired) electrons. The smallest absolute Gasteiger partial charge is 0.0294 e. The van der Waals surface area contributed by atoms with Gasteiger partial charge in [-0.1, -0.05) is 56.5 Å². The van der Waals surface area contributed by atoms with Gasteiger partial charge in [0, 0.05) is 12.1 Å². The Hall–Kier alpha value is -0.820. The molecule has 1 fully saturated rings. The Kier molecular flexibility index (Phi) is 4.45. The minimum absolute atomic E-state index is 0.461. The van der Waals surface area contributed by atoms with Gasteiger partial charge in [0.15, 0.2) is 0 Å². The van der Waals surface area contributed by atoms with E-state index in [-0.39, 0.29) is 0 Å². The van der Waals surface area contributed by atoms with E-state index < -0.39 is 0 Å². The van der Waals surface area contributed by atoms with Gasteiger partial charge in [0.1, 0.15) is 0 Å². The maximum atomic E-state index is 3.84. The summed E-state index contributed by atoms with van der Waals surface area (Å²) in [4.78, 5) is 0. The van der Waals surface area contributed by atoms with Crippen LogP contribution in [0.25, 0.3) is 0 Å². The second kappa shape index (κ2) is 5.88. The Bertz CT molecular complexity index is 385. The van der Waals surface area contributed by atoms with Crippen LogP contribution in [0.4, 0.5) is 0 Å². The maximum absolute atomic E-state index is 3.84. The van der Waals surface area contributed by atoms with Crippen molar-refractivity contribution in [1.29, 1.82) is 0 Å². The van der Waals surface area contributed by atoms with Crippen LogP contribution in [0.1, 0.15) is 57.2 Å². The molecule has 2 rings (SSSR count). The summed E-state index contributed by atoms with van der Waals surface area (Å²) >= 11 is 0. The molecule has 1 aromatic carbocycles. The molecule has 0 aliphatic heterocycles. The van der Waals surface area contributed by atoms with Crippen LogP contribution in [0, 0.1) is 18.8 Å². The number of nitrogens with one attached hydrogen (secondary N) is 1. The quantitative estimate of drug-likeness (QED) is 0.828. The largest absolute Gasteiger partial charge is 0.307 e. The SMILES string of the molecule is Cc1cccc([C@@H](C)NC2CCCC(C)C2C)c1. The van der Waals surface area contributed by atoms with E-state index >= 15 is 0 Å². The van der Waals surface area contributed by atoms with Crippen LogP contribution in [0.3, 0.4) is 0 Å². The van der Waals surface area contributed by atoms with Crippen molar-refractivity contribution in [3.05, 3.63) is 35.4 Å². The highest BCUT2D eigenvalue weighted by Crippen LogP contribution is 2.31. The van der Waals surface area contributed by atoms with Crippen LogP contribution < -0.4 is 5.32 Å². The molecule has 3 unspecified atom stereocenters. The number of hydrogen-bond donors (Lipinski definition) is 1. The van der Waals surface area contributed by atoms with Crippen LogP contribution in [0.5, 0.6) is 0 Å². The van der Waals surface area contributed by atoms with Gasteiger partial charge in [-0.05, 0) is 37.7 Å². The highest BCUT2D eigenvalue weighted by atomic mass is 15.0. The first-order valence-corrected chi connectivity index (χ1v) is 7.40. The predicted molar refractivity (Wildman–Crippen MR) is 78.7 cm³/mol. The lowest BCUT2D eigenvalue weighted by molar-refractivity contribution is 0.196. The van der Waals surface area contributed by atoms with Crippen molar-refractivity contribution < 1.29 is 0 Å². The van der Waals surface area contributed by atoms with Gasteiger partial charge in [0.2, 0.25) is 0 Å². The van der Waals surface area contributed by atoms with Crippen LogP contribution in [-0.4, -0.2) is 6.04 Å². The lowest BCUT2D eigenvalue weighted by Crippen LogP contribution is -2.41. The summed E-state index contributed by atoms with van der Waals surface area (Å²) in [5, 5.41) is 3.84. The van der Waals surface area contributed by atoms with Crippen LogP contribution in [0.15, 0.2) is 24.3 Å². The summed E-state index contributed by atoms with van der Waals surface area (Å²) < 4.78 is 0. The lowest BCUT2D eigenvalue weighted by atomic mass is 9.77. The molecule has 1 aromatic rings. The van der Waals surface area contributed by atoms with Gasteiger partial charge in [-0.2, -0.15) is 0 Å². The average molecular weight is 245 g/mol. The standard InChI is InChI=1S/C17H27N/c1-12-7-5-9-16(11-12)15(4)18-17-10-6-8-13(2)14(17)3/h5,7,9,11,13-15,17-18H,6,8,10H2,1-4H3/t13?,14?,15-,17?/m1/s1. The molecule has 0 aromatic heterocycles. The molecule has 0 heterocycles. The summed E-state index contributed by atoms with van der Waals surface area (Å²) in [6.45, 7) is 9.27. The monoisotopic (exact) mass is 245 g/mol. The van der Waals surface area contributed by atoms with Gasteiger partial charge in [0.05, 0.1) is 0 Å². The second-order valence-corrected chi connectivity index (χ2v) is 6.18. The van der Waals surface area contributed by atoms with Crippen molar-refractivity contribution in [3.8, 4) is 0 Å². The first-order chi connectivity index (χ1) is 8.58. The van der Waals surface area contributed by atoms with E-state index in [1.54, 1.807) is 0 Å². The Morgan fingerprint density at radius 2 is 2.00 bits per heavy atom. The van der Waals surface area contributed by atoms with Gasteiger partial charge < -0.3 is 5.32 Å². The van der Waals surface area contributed by atoms with E-state index in [9.17, 15) is 0 Å². The molecule has 18 heavy (non-hydrogen) atoms. The summed E-state index contributed by atoms with van der Waals surface area (Å²) in [5.41, 5.74) is 2.77. The topological polar surface area (TPSA) is 12.0 Å². The third kappa shape index (κ3) is 3.14. The molecule has 1 aliphatic rings. The fourth-order valence-electron chi connectivity index (χ4n) is 3.17. The fraction of sp³-hybridized carbons (Fsp3) is 0.647. The van der Waals surface area contributed by atoms with E-state index in [1.165, 1.54) is 30.4 Å². The predicted octanol–water partition coefficient (Wildman–Crippen LogP) is 4.47. The molecule has 0 spiro atoms. The second-order valence-electron chi connectivity index (χ2n) is 6.18. The molecule has 1 heteroatoms. The van der Waals surface area contributed by atoms with Crippen molar-refractivity contribution in [3.63, 3.8) is 0 Å². The van der Waals surface area contributed by atoms with Crippen LogP contribution in [0.2, 0.25) is 0 Å². The molecule has 0 bridgehead atoms. The third-order valence-electron chi connectivity index (χ3n) is 4.71. The zero-order valence-electron chi connectivity index (χ0n) is 12.2. The maximum Gasteiger partial charge on any atom is 0.0294 e. The molecule has 0 amide bonds. The normalized spacial score (nSPS) is 30.1. The van der Waals surface area contributed by atoms with Gasteiger partial charge in [-0.15, -0.1) is 0 Å². The third-order valence-corrected chi connectivity index (χ3v) is 4.71. The lowest BCUT2D eigenvalue weighted by Gasteiger charge is -2.36. The van der Waals surface area contributed by atoms with Crippen molar-refractivity contribution in [2.45, 2.75) is 59.0 Å². The Balaban J connectivity index is 2.00. The molecule has 100 valence electrons. The van der Waals surface area contributed by atoms with Gasteiger partial charge in [-0.3, -0.25) is 0 Å². The van der Waals surface area contributed by atoms with E-state index in [0.717, 1.165) is 11.8 Å². The number of benzene rings is 1. The minimum Gasteiger partial charge on any atom is -0.307 e. The summed E-state index contributed by atoms with van der Waals surface area (Å²) in [6.07, 6.45) is 4.11. The first kappa shape index (κ1) is 13.6. The number of rotatable bonds is 3. The zero-order valence-corrected chi connectivity index (χ0v) is 12.2. The molecule has 1 N–H and O–H groups in total. The van der Waals surface area contributed by atoms with Crippen LogP contribution in [-0.2, 0) is 0 Å². The molecule has 4 atom stereocenters. The molecular formula is C17H27N. The molecule has 1 nitrogen and oxygen atoms in total.